The first-order chi connectivity index (χ1) is 6.24. The van der Waals surface area contributed by atoms with Gasteiger partial charge in [0.25, 0.3) is 0 Å². The lowest BCUT2D eigenvalue weighted by atomic mass is 10.1. The maximum Gasteiger partial charge on any atom is 0.176 e. The maximum absolute atomic E-state index is 11.4. The van der Waals surface area contributed by atoms with Crippen molar-refractivity contribution in [3.05, 3.63) is 34.9 Å². The van der Waals surface area contributed by atoms with Crippen molar-refractivity contribution in [2.45, 2.75) is 6.92 Å². The Labute approximate surface area is 82.9 Å². The molecule has 0 heterocycles. The molecule has 0 bridgehead atoms. The van der Waals surface area contributed by atoms with Crippen molar-refractivity contribution in [3.8, 4) is 0 Å². The molecule has 0 atom stereocenters. The molecule has 1 rings (SSSR count). The minimum Gasteiger partial charge on any atom is -0.310 e. The second-order valence-electron chi connectivity index (χ2n) is 2.71. The van der Waals surface area contributed by atoms with Gasteiger partial charge in [0.05, 0.1) is 6.54 Å². The first kappa shape index (κ1) is 10.2. The van der Waals surface area contributed by atoms with Crippen molar-refractivity contribution >= 4 is 17.4 Å². The quantitative estimate of drug-likeness (QED) is 0.750. The van der Waals surface area contributed by atoms with Gasteiger partial charge in [-0.05, 0) is 18.7 Å². The molecule has 3 heteroatoms. The molecule has 1 aromatic rings. The summed E-state index contributed by atoms with van der Waals surface area (Å²) in [5, 5.41) is 3.57. The van der Waals surface area contributed by atoms with Crippen LogP contribution in [0.5, 0.6) is 0 Å². The summed E-state index contributed by atoms with van der Waals surface area (Å²) in [6.07, 6.45) is 0. The summed E-state index contributed by atoms with van der Waals surface area (Å²) in [6, 6.07) is 6.99. The van der Waals surface area contributed by atoms with Gasteiger partial charge in [-0.1, -0.05) is 30.7 Å². The van der Waals surface area contributed by atoms with Crippen molar-refractivity contribution in [1.29, 1.82) is 0 Å². The minimum atomic E-state index is 0.0735. The van der Waals surface area contributed by atoms with Gasteiger partial charge in [0.15, 0.2) is 5.78 Å². The summed E-state index contributed by atoms with van der Waals surface area (Å²) in [5.41, 5.74) is 0.661. The minimum absolute atomic E-state index is 0.0735. The van der Waals surface area contributed by atoms with Crippen LogP contribution >= 0.6 is 11.6 Å². The summed E-state index contributed by atoms with van der Waals surface area (Å²) in [4.78, 5) is 11.4. The number of ketones is 1. The molecule has 0 aliphatic heterocycles. The normalized spacial score (nSPS) is 10.0. The van der Waals surface area contributed by atoms with Gasteiger partial charge in [-0.15, -0.1) is 0 Å². The van der Waals surface area contributed by atoms with Crippen LogP contribution in [0.25, 0.3) is 0 Å². The molecule has 0 saturated carbocycles. The second kappa shape index (κ2) is 5.00. The average Bonchev–Trinajstić information content (AvgIpc) is 2.14. The molecular formula is C10H12ClNO. The standard InChI is InChI=1S/C10H12ClNO/c1-2-12-7-10(13)8-4-3-5-9(11)6-8/h3-6,12H,2,7H2,1H3. The fourth-order valence-electron chi connectivity index (χ4n) is 1.00. The van der Waals surface area contributed by atoms with E-state index in [-0.39, 0.29) is 5.78 Å². The fourth-order valence-corrected chi connectivity index (χ4v) is 1.19. The van der Waals surface area contributed by atoms with Crippen LogP contribution in [0.3, 0.4) is 0 Å². The third-order valence-corrected chi connectivity index (χ3v) is 1.92. The molecule has 2 nitrogen and oxygen atoms in total. The number of carbonyl (C=O) groups excluding carboxylic acids is 1. The third-order valence-electron chi connectivity index (χ3n) is 1.68. The van der Waals surface area contributed by atoms with E-state index in [1.54, 1.807) is 24.3 Å². The lowest BCUT2D eigenvalue weighted by Crippen LogP contribution is -2.22. The van der Waals surface area contributed by atoms with Crippen LogP contribution in [-0.4, -0.2) is 18.9 Å². The van der Waals surface area contributed by atoms with Gasteiger partial charge in [0, 0.05) is 10.6 Å². The third kappa shape index (κ3) is 3.17. The zero-order valence-corrected chi connectivity index (χ0v) is 8.27. The van der Waals surface area contributed by atoms with Crippen LogP contribution < -0.4 is 5.32 Å². The lowest BCUT2D eigenvalue weighted by molar-refractivity contribution is 0.0992. The Morgan fingerprint density at radius 2 is 2.31 bits per heavy atom. The SMILES string of the molecule is CCNCC(=O)c1cccc(Cl)c1. The maximum atomic E-state index is 11.4. The Balaban J connectivity index is 2.66. The van der Waals surface area contributed by atoms with Crippen LogP contribution in [0.1, 0.15) is 17.3 Å². The molecule has 0 aromatic heterocycles. The highest BCUT2D eigenvalue weighted by molar-refractivity contribution is 6.31. The predicted octanol–water partition coefficient (Wildman–Crippen LogP) is 2.13. The van der Waals surface area contributed by atoms with E-state index in [1.807, 2.05) is 6.92 Å². The molecule has 0 radical (unpaired) electrons. The highest BCUT2D eigenvalue weighted by Crippen LogP contribution is 2.10. The number of rotatable bonds is 4. The van der Waals surface area contributed by atoms with Gasteiger partial charge in [-0.3, -0.25) is 4.79 Å². The van der Waals surface area contributed by atoms with E-state index in [9.17, 15) is 4.79 Å². The first-order valence-electron chi connectivity index (χ1n) is 4.23. The molecule has 0 unspecified atom stereocenters. The topological polar surface area (TPSA) is 29.1 Å². The zero-order chi connectivity index (χ0) is 9.68. The highest BCUT2D eigenvalue weighted by atomic mass is 35.5. The summed E-state index contributed by atoms with van der Waals surface area (Å²) < 4.78 is 0. The summed E-state index contributed by atoms with van der Waals surface area (Å²) in [6.45, 7) is 3.13. The Morgan fingerprint density at radius 1 is 1.54 bits per heavy atom. The number of hydrogen-bond donors (Lipinski definition) is 1. The van der Waals surface area contributed by atoms with Crippen LogP contribution in [-0.2, 0) is 0 Å². The molecule has 0 aliphatic rings. The van der Waals surface area contributed by atoms with E-state index in [1.165, 1.54) is 0 Å². The van der Waals surface area contributed by atoms with Crippen molar-refractivity contribution in [2.75, 3.05) is 13.1 Å². The van der Waals surface area contributed by atoms with Gasteiger partial charge < -0.3 is 5.32 Å². The molecule has 70 valence electrons. The number of nitrogens with one attached hydrogen (secondary N) is 1. The number of benzene rings is 1. The molecule has 1 N–H and O–H groups in total. The van der Waals surface area contributed by atoms with Gasteiger partial charge >= 0.3 is 0 Å². The predicted molar refractivity (Wildman–Crippen MR) is 54.3 cm³/mol. The van der Waals surface area contributed by atoms with E-state index in [2.05, 4.69) is 5.32 Å². The van der Waals surface area contributed by atoms with E-state index in [0.29, 0.717) is 17.1 Å². The van der Waals surface area contributed by atoms with Gasteiger partial charge in [-0.2, -0.15) is 0 Å². The number of likely N-dealkylation sites (N-methyl/N-ethyl adjacent to an activating group) is 1. The zero-order valence-electron chi connectivity index (χ0n) is 7.51. The molecule has 0 spiro atoms. The molecule has 0 aliphatic carbocycles. The van der Waals surface area contributed by atoms with Crippen LogP contribution in [0, 0.1) is 0 Å². The largest absolute Gasteiger partial charge is 0.310 e. The Bertz CT molecular complexity index is 299. The van der Waals surface area contributed by atoms with E-state index >= 15 is 0 Å². The number of halogens is 1. The fraction of sp³-hybridized carbons (Fsp3) is 0.300. The Morgan fingerprint density at radius 3 is 2.92 bits per heavy atom. The van der Waals surface area contributed by atoms with Crippen molar-refractivity contribution in [3.63, 3.8) is 0 Å². The smallest absolute Gasteiger partial charge is 0.176 e. The number of carbonyl (C=O) groups is 1. The number of Topliss-reactive ketones (excluding diaryl/α,β-unsaturated/α-hetero) is 1. The average molecular weight is 198 g/mol. The van der Waals surface area contributed by atoms with Crippen LogP contribution in [0.4, 0.5) is 0 Å². The van der Waals surface area contributed by atoms with Crippen LogP contribution in [0.15, 0.2) is 24.3 Å². The summed E-state index contributed by atoms with van der Waals surface area (Å²) in [5.74, 6) is 0.0735. The monoisotopic (exact) mass is 197 g/mol. The van der Waals surface area contributed by atoms with Gasteiger partial charge in [-0.25, -0.2) is 0 Å². The van der Waals surface area contributed by atoms with Crippen molar-refractivity contribution < 1.29 is 4.79 Å². The van der Waals surface area contributed by atoms with E-state index in [4.69, 9.17) is 11.6 Å². The summed E-state index contributed by atoms with van der Waals surface area (Å²) in [7, 11) is 0. The molecule has 1 aromatic carbocycles. The van der Waals surface area contributed by atoms with Crippen LogP contribution in [0.2, 0.25) is 5.02 Å². The molecule has 0 amide bonds. The molecule has 0 saturated heterocycles. The number of hydrogen-bond acceptors (Lipinski definition) is 2. The molecule has 13 heavy (non-hydrogen) atoms. The first-order valence-corrected chi connectivity index (χ1v) is 4.61. The van der Waals surface area contributed by atoms with Gasteiger partial charge in [0.2, 0.25) is 0 Å². The summed E-state index contributed by atoms with van der Waals surface area (Å²) >= 11 is 5.75. The van der Waals surface area contributed by atoms with Crippen molar-refractivity contribution in [2.24, 2.45) is 0 Å². The lowest BCUT2D eigenvalue weighted by Gasteiger charge is -2.01. The molecular weight excluding hydrogens is 186 g/mol. The Kier molecular flexibility index (Phi) is 3.93. The second-order valence-corrected chi connectivity index (χ2v) is 3.15. The molecule has 0 fully saturated rings. The van der Waals surface area contributed by atoms with Gasteiger partial charge in [0.1, 0.15) is 0 Å². The highest BCUT2D eigenvalue weighted by Gasteiger charge is 2.04. The van der Waals surface area contributed by atoms with E-state index < -0.39 is 0 Å². The Hall–Kier alpha value is -0.860. The van der Waals surface area contributed by atoms with Crippen molar-refractivity contribution in [1.82, 2.24) is 5.32 Å². The van der Waals surface area contributed by atoms with E-state index in [0.717, 1.165) is 6.54 Å².